The van der Waals surface area contributed by atoms with E-state index < -0.39 is 32.3 Å². The first-order valence-electron chi connectivity index (χ1n) is 11.0. The van der Waals surface area contributed by atoms with E-state index in [1.807, 2.05) is 0 Å². The van der Waals surface area contributed by atoms with Gasteiger partial charge in [0.2, 0.25) is 0 Å². The SMILES string of the molecule is CC(C)(C)[PH+](C[Si](C)(C)[N-][Si](C)(C)C[PH+](C(C)(C)C)C(C)(C)C)C(C)(C)C.[N]=O.[Ni]. The molecule has 3 nitrogen and oxygen atoms in total. The maximum atomic E-state index is 7.25. The van der Waals surface area contributed by atoms with E-state index in [1.54, 1.807) is 0 Å². The molecule has 0 fully saturated rings. The Balaban J connectivity index is -0.00000235. The molecule has 0 spiro atoms. The van der Waals surface area contributed by atoms with Gasteiger partial charge >= 0.3 is 0 Å². The van der Waals surface area contributed by atoms with Gasteiger partial charge in [-0.3, -0.25) is 0 Å². The Morgan fingerprint density at radius 3 is 0.867 bits per heavy atom. The summed E-state index contributed by atoms with van der Waals surface area (Å²) in [6.45, 7) is 39.9. The molecule has 0 rings (SSSR count). The van der Waals surface area contributed by atoms with Gasteiger partial charge in [0.1, 0.15) is 5.59 Å². The van der Waals surface area contributed by atoms with Gasteiger partial charge < -0.3 is 4.65 Å². The molecule has 0 aromatic carbocycles. The summed E-state index contributed by atoms with van der Waals surface area (Å²) in [5, 5.41) is 1.78. The van der Waals surface area contributed by atoms with E-state index in [0.717, 1.165) is 0 Å². The molecule has 0 amide bonds. The van der Waals surface area contributed by atoms with Gasteiger partial charge in [-0.1, -0.05) is 26.2 Å². The van der Waals surface area contributed by atoms with Crippen LogP contribution in [0.2, 0.25) is 26.2 Å². The number of hydrogen-bond acceptors (Lipinski definition) is 1. The molecular weight excluding hydrogens is 485 g/mol. The first-order chi connectivity index (χ1) is 12.4. The van der Waals surface area contributed by atoms with Crippen LogP contribution in [-0.4, -0.2) is 48.7 Å². The van der Waals surface area contributed by atoms with Crippen molar-refractivity contribution < 1.29 is 16.5 Å². The van der Waals surface area contributed by atoms with E-state index in [-0.39, 0.29) is 16.5 Å². The average Bonchev–Trinajstić information content (AvgIpc) is 2.39. The van der Waals surface area contributed by atoms with Crippen molar-refractivity contribution in [3.8, 4) is 0 Å². The van der Waals surface area contributed by atoms with E-state index in [1.165, 1.54) is 11.6 Å². The van der Waals surface area contributed by atoms with Gasteiger partial charge in [-0.25, -0.2) is 0 Å². The molecule has 30 heavy (non-hydrogen) atoms. The minimum absolute atomic E-state index is 0. The predicted octanol–water partition coefficient (Wildman–Crippen LogP) is 8.02. The number of nitrogens with zero attached hydrogens (tertiary/aromatic N) is 2. The van der Waals surface area contributed by atoms with Gasteiger partial charge in [0.25, 0.3) is 0 Å². The van der Waals surface area contributed by atoms with Crippen molar-refractivity contribution in [1.82, 2.24) is 5.59 Å². The molecule has 185 valence electrons. The molecule has 0 aliphatic rings. The third-order valence-corrected chi connectivity index (χ3v) is 27.3. The summed E-state index contributed by atoms with van der Waals surface area (Å²) in [4.78, 5) is 7.25. The Hall–Kier alpha value is 1.35. The van der Waals surface area contributed by atoms with Gasteiger partial charge in [0.05, 0.1) is 20.6 Å². The van der Waals surface area contributed by atoms with E-state index >= 15 is 0 Å². The van der Waals surface area contributed by atoms with Crippen molar-refractivity contribution >= 4 is 32.3 Å². The summed E-state index contributed by atoms with van der Waals surface area (Å²) in [6.07, 6.45) is 0. The van der Waals surface area contributed by atoms with Crippen LogP contribution >= 0.6 is 15.8 Å². The first kappa shape index (κ1) is 35.9. The minimum Gasteiger partial charge on any atom is -0.661 e. The minimum atomic E-state index is -1.56. The van der Waals surface area contributed by atoms with E-state index in [0.29, 0.717) is 20.6 Å². The predicted molar refractivity (Wildman–Crippen MR) is 149 cm³/mol. The molecule has 0 unspecified atom stereocenters. The summed E-state index contributed by atoms with van der Waals surface area (Å²) < 4.78 is 5.80. The summed E-state index contributed by atoms with van der Waals surface area (Å²) >= 11 is 0. The van der Waals surface area contributed by atoms with Crippen LogP contribution in [-0.2, 0) is 16.5 Å². The fraction of sp³-hybridized carbons (Fsp3) is 1.00. The zero-order chi connectivity index (χ0) is 24.3. The summed E-state index contributed by atoms with van der Waals surface area (Å²) in [6, 6.07) is 0. The maximum Gasteiger partial charge on any atom is 0.120 e. The quantitative estimate of drug-likeness (QED) is 0.249. The van der Waals surface area contributed by atoms with Crippen molar-refractivity contribution in [2.45, 2.75) is 130 Å². The monoisotopic (exact) mass is 538 g/mol. The molecule has 0 aliphatic heterocycles. The van der Waals surface area contributed by atoms with Crippen LogP contribution in [0.4, 0.5) is 0 Å². The molecular formula is C22H54N2NiOP2Si2+. The van der Waals surface area contributed by atoms with E-state index in [9.17, 15) is 0 Å². The summed E-state index contributed by atoms with van der Waals surface area (Å²) in [7, 11) is -4.10. The molecule has 0 heterocycles. The fourth-order valence-electron chi connectivity index (χ4n) is 5.07. The van der Waals surface area contributed by atoms with Gasteiger partial charge in [-0.15, -0.1) is 4.91 Å². The second kappa shape index (κ2) is 12.2. The Kier molecular flexibility index (Phi) is 14.6. The van der Waals surface area contributed by atoms with Crippen LogP contribution in [0.15, 0.2) is 0 Å². The Morgan fingerprint density at radius 2 is 0.733 bits per heavy atom. The van der Waals surface area contributed by atoms with Crippen molar-refractivity contribution in [1.29, 1.82) is 0 Å². The van der Waals surface area contributed by atoms with E-state index in [2.05, 4.69) is 109 Å². The zero-order valence-corrected chi connectivity index (χ0v) is 28.0. The number of nitroso groups, excluding NO2 is 1. The molecule has 1 radical (unpaired) electrons. The van der Waals surface area contributed by atoms with Crippen LogP contribution in [0, 0.1) is 4.91 Å². The largest absolute Gasteiger partial charge is 0.661 e. The Morgan fingerprint density at radius 1 is 0.567 bits per heavy atom. The van der Waals surface area contributed by atoms with E-state index in [4.69, 9.17) is 15.1 Å². The summed E-state index contributed by atoms with van der Waals surface area (Å²) in [5.41, 5.74) is 5.75. The Bertz CT molecular complexity index is 433. The second-order valence-electron chi connectivity index (χ2n) is 14.0. The van der Waals surface area contributed by atoms with Crippen LogP contribution in [0.5, 0.6) is 0 Å². The normalized spacial score (nSPS) is 14.3. The third-order valence-electron chi connectivity index (χ3n) is 5.45. The summed E-state index contributed by atoms with van der Waals surface area (Å²) in [5.74, 6) is 2.85. The van der Waals surface area contributed by atoms with Gasteiger partial charge in [-0.05, 0) is 99.6 Å². The molecule has 0 saturated heterocycles. The van der Waals surface area contributed by atoms with Gasteiger partial charge in [0.15, 0.2) is 0 Å². The molecule has 8 heteroatoms. The average molecular weight is 540 g/mol. The molecule has 0 atom stereocenters. The van der Waals surface area contributed by atoms with Crippen molar-refractivity contribution in [3.05, 3.63) is 9.55 Å². The van der Waals surface area contributed by atoms with Crippen molar-refractivity contribution in [2.75, 3.05) is 11.6 Å². The van der Waals surface area contributed by atoms with Gasteiger partial charge in [0, 0.05) is 43.9 Å². The first-order valence-corrected chi connectivity index (χ1v) is 20.8. The second-order valence-corrected chi connectivity index (χ2v) is 32.9. The standard InChI is InChI=1S/C22H52NP2Si2.NO.Ni/c1-19(2,3)24(20(4,5)6)17-26(13,14)23-27(15,16)18-25(21(7,8)9)22(10,11)12;1-2;/h17-18H2,1-16H3;;/q-1;;/p+2. The smallest absolute Gasteiger partial charge is 0.120 e. The fourth-order valence-corrected chi connectivity index (χ4v) is 33.6. The van der Waals surface area contributed by atoms with Crippen LogP contribution in [0.25, 0.3) is 4.65 Å². The topological polar surface area (TPSA) is 53.5 Å². The molecule has 0 N–H and O–H groups in total. The van der Waals surface area contributed by atoms with Crippen LogP contribution in [0.3, 0.4) is 0 Å². The van der Waals surface area contributed by atoms with Crippen molar-refractivity contribution in [2.24, 2.45) is 0 Å². The van der Waals surface area contributed by atoms with Crippen molar-refractivity contribution in [3.63, 3.8) is 0 Å². The third kappa shape index (κ3) is 13.8. The maximum absolute atomic E-state index is 7.25. The van der Waals surface area contributed by atoms with Gasteiger partial charge in [-0.2, -0.15) is 0 Å². The molecule has 0 aromatic rings. The molecule has 0 aromatic heterocycles. The van der Waals surface area contributed by atoms with Crippen LogP contribution < -0.4 is 5.59 Å². The molecule has 0 bridgehead atoms. The number of rotatable bonds is 6. The molecule has 0 aliphatic carbocycles. The van der Waals surface area contributed by atoms with Crippen LogP contribution in [0.1, 0.15) is 83.1 Å². The molecule has 0 saturated carbocycles. The zero-order valence-electron chi connectivity index (χ0n) is 23.0. The number of hydrogen-bond donors (Lipinski definition) is 0. The Labute approximate surface area is 204 Å².